The Hall–Kier alpha value is -2.54. The zero-order chi connectivity index (χ0) is 21.3. The molecule has 0 spiro atoms. The summed E-state index contributed by atoms with van der Waals surface area (Å²) >= 11 is 0. The van der Waals surface area contributed by atoms with Gasteiger partial charge in [-0.25, -0.2) is 0 Å². The summed E-state index contributed by atoms with van der Waals surface area (Å²) < 4.78 is 12.7. The molecule has 0 radical (unpaired) electrons. The lowest BCUT2D eigenvalue weighted by Gasteiger charge is -2.26. The van der Waals surface area contributed by atoms with Crippen molar-refractivity contribution in [2.45, 2.75) is 52.1 Å². The average molecular weight is 416 g/mol. The van der Waals surface area contributed by atoms with Gasteiger partial charge in [-0.05, 0) is 43.5 Å². The van der Waals surface area contributed by atoms with Crippen molar-refractivity contribution in [2.24, 2.45) is 5.92 Å². The molecular weight excluding hydrogens is 382 g/mol. The van der Waals surface area contributed by atoms with Gasteiger partial charge in [0.2, 0.25) is 5.91 Å². The van der Waals surface area contributed by atoms with Crippen LogP contribution < -0.4 is 5.32 Å². The van der Waals surface area contributed by atoms with E-state index in [-0.39, 0.29) is 17.7 Å². The largest absolute Gasteiger partial charge is 0.454 e. The van der Waals surface area contributed by atoms with Crippen LogP contribution in [0.4, 0.5) is 0 Å². The fourth-order valence-electron chi connectivity index (χ4n) is 4.02. The van der Waals surface area contributed by atoms with Crippen molar-refractivity contribution in [3.05, 3.63) is 47.7 Å². The van der Waals surface area contributed by atoms with Crippen molar-refractivity contribution < 1.29 is 18.7 Å². The first-order valence-corrected chi connectivity index (χ1v) is 10.9. The molecule has 7 heteroatoms. The Morgan fingerprint density at radius 1 is 1.27 bits per heavy atom. The molecule has 30 heavy (non-hydrogen) atoms. The summed E-state index contributed by atoms with van der Waals surface area (Å²) in [4.78, 5) is 27.1. The number of hydrogen-bond acceptors (Lipinski definition) is 4. The van der Waals surface area contributed by atoms with E-state index in [1.165, 1.54) is 0 Å². The normalized spacial score (nSPS) is 14.2. The third kappa shape index (κ3) is 5.75. The standard InChI is InChI=1S/C23H33N3O4/c1-3-13-26(23(28)18-7-4-5-8-18)16-19-9-6-14-25(19)17-20-10-11-21(30-20)22(27)24-12-15-29-2/h6,9-11,14,18H,3-5,7-8,12-13,15-17H2,1-2H3,(H,24,27). The van der Waals surface area contributed by atoms with Crippen LogP contribution in [-0.4, -0.2) is 48.1 Å². The summed E-state index contributed by atoms with van der Waals surface area (Å²) in [5.74, 6) is 1.22. The Kier molecular flexibility index (Phi) is 8.13. The van der Waals surface area contributed by atoms with Crippen molar-refractivity contribution >= 4 is 11.8 Å². The number of hydrogen-bond donors (Lipinski definition) is 1. The van der Waals surface area contributed by atoms with Gasteiger partial charge in [0.15, 0.2) is 5.76 Å². The Balaban J connectivity index is 1.63. The number of rotatable bonds is 11. The number of amides is 2. The van der Waals surface area contributed by atoms with E-state index in [1.54, 1.807) is 13.2 Å². The van der Waals surface area contributed by atoms with Crippen LogP contribution in [0.3, 0.4) is 0 Å². The molecule has 1 aliphatic carbocycles. The number of carbonyl (C=O) groups is 2. The number of aromatic nitrogens is 1. The molecule has 0 aromatic carbocycles. The van der Waals surface area contributed by atoms with Gasteiger partial charge in [-0.1, -0.05) is 19.8 Å². The van der Waals surface area contributed by atoms with Crippen LogP contribution >= 0.6 is 0 Å². The molecule has 1 saturated carbocycles. The maximum atomic E-state index is 13.0. The van der Waals surface area contributed by atoms with Gasteiger partial charge in [-0.15, -0.1) is 0 Å². The first-order valence-electron chi connectivity index (χ1n) is 10.9. The van der Waals surface area contributed by atoms with Gasteiger partial charge < -0.3 is 23.9 Å². The monoisotopic (exact) mass is 415 g/mol. The molecule has 1 aliphatic rings. The minimum atomic E-state index is -0.248. The Labute approximate surface area is 178 Å². The Morgan fingerprint density at radius 2 is 2.07 bits per heavy atom. The molecule has 2 heterocycles. The van der Waals surface area contributed by atoms with Crippen molar-refractivity contribution in [1.29, 1.82) is 0 Å². The Morgan fingerprint density at radius 3 is 2.80 bits per heavy atom. The smallest absolute Gasteiger partial charge is 0.287 e. The fourth-order valence-corrected chi connectivity index (χ4v) is 4.02. The van der Waals surface area contributed by atoms with Crippen LogP contribution in [-0.2, 0) is 22.6 Å². The molecule has 2 aromatic rings. The number of carbonyl (C=O) groups excluding carboxylic acids is 2. The van der Waals surface area contributed by atoms with Crippen molar-refractivity contribution in [2.75, 3.05) is 26.8 Å². The first kappa shape index (κ1) is 22.2. The second-order valence-electron chi connectivity index (χ2n) is 7.88. The zero-order valence-corrected chi connectivity index (χ0v) is 18.1. The third-order valence-corrected chi connectivity index (χ3v) is 5.59. The summed E-state index contributed by atoms with van der Waals surface area (Å²) in [5.41, 5.74) is 1.07. The SMILES string of the molecule is CCCN(Cc1cccn1Cc1ccc(C(=O)NCCOC)o1)C(=O)C1CCCC1. The minimum absolute atomic E-state index is 0.184. The average Bonchev–Trinajstić information content (AvgIpc) is 3.50. The molecule has 2 aromatic heterocycles. The van der Waals surface area contributed by atoms with Crippen LogP contribution in [0.25, 0.3) is 0 Å². The second-order valence-corrected chi connectivity index (χ2v) is 7.88. The van der Waals surface area contributed by atoms with Crippen LogP contribution in [0.15, 0.2) is 34.9 Å². The highest BCUT2D eigenvalue weighted by Gasteiger charge is 2.27. The second kappa shape index (κ2) is 11.0. The predicted octanol–water partition coefficient (Wildman–Crippen LogP) is 3.43. The first-order chi connectivity index (χ1) is 14.6. The summed E-state index contributed by atoms with van der Waals surface area (Å²) in [6, 6.07) is 7.54. The van der Waals surface area contributed by atoms with E-state index < -0.39 is 0 Å². The number of ether oxygens (including phenoxy) is 1. The van der Waals surface area contributed by atoms with Crippen molar-refractivity contribution in [3.8, 4) is 0 Å². The van der Waals surface area contributed by atoms with Gasteiger partial charge in [0, 0.05) is 38.0 Å². The minimum Gasteiger partial charge on any atom is -0.454 e. The highest BCUT2D eigenvalue weighted by Crippen LogP contribution is 2.27. The molecule has 2 amide bonds. The van der Waals surface area contributed by atoms with Gasteiger partial charge in [0.1, 0.15) is 5.76 Å². The van der Waals surface area contributed by atoms with E-state index in [1.807, 2.05) is 29.3 Å². The highest BCUT2D eigenvalue weighted by atomic mass is 16.5. The molecule has 1 N–H and O–H groups in total. The maximum absolute atomic E-state index is 13.0. The highest BCUT2D eigenvalue weighted by molar-refractivity contribution is 5.91. The lowest BCUT2D eigenvalue weighted by Crippen LogP contribution is -2.36. The van der Waals surface area contributed by atoms with E-state index in [0.717, 1.165) is 44.3 Å². The van der Waals surface area contributed by atoms with Crippen molar-refractivity contribution in [1.82, 2.24) is 14.8 Å². The summed E-state index contributed by atoms with van der Waals surface area (Å²) in [7, 11) is 1.59. The third-order valence-electron chi connectivity index (χ3n) is 5.59. The predicted molar refractivity (Wildman–Crippen MR) is 114 cm³/mol. The topological polar surface area (TPSA) is 76.7 Å². The molecule has 0 bridgehead atoms. The molecule has 0 aliphatic heterocycles. The molecule has 164 valence electrons. The van der Waals surface area contributed by atoms with Crippen LogP contribution in [0.5, 0.6) is 0 Å². The zero-order valence-electron chi connectivity index (χ0n) is 18.1. The molecular formula is C23H33N3O4. The quantitative estimate of drug-likeness (QED) is 0.571. The fraction of sp³-hybridized carbons (Fsp3) is 0.565. The van der Waals surface area contributed by atoms with E-state index in [4.69, 9.17) is 9.15 Å². The lowest BCUT2D eigenvalue weighted by atomic mass is 10.1. The molecule has 0 unspecified atom stereocenters. The van der Waals surface area contributed by atoms with E-state index in [2.05, 4.69) is 16.8 Å². The number of nitrogens with one attached hydrogen (secondary N) is 1. The number of nitrogens with zero attached hydrogens (tertiary/aromatic N) is 2. The maximum Gasteiger partial charge on any atom is 0.287 e. The number of furan rings is 1. The molecule has 0 saturated heterocycles. The van der Waals surface area contributed by atoms with Crippen LogP contribution in [0.1, 0.15) is 61.0 Å². The van der Waals surface area contributed by atoms with E-state index >= 15 is 0 Å². The van der Waals surface area contributed by atoms with Gasteiger partial charge in [0.05, 0.1) is 19.7 Å². The lowest BCUT2D eigenvalue weighted by molar-refractivity contribution is -0.136. The Bertz CT molecular complexity index is 820. The van der Waals surface area contributed by atoms with Gasteiger partial charge in [0.25, 0.3) is 5.91 Å². The van der Waals surface area contributed by atoms with Gasteiger partial charge in [-0.2, -0.15) is 0 Å². The van der Waals surface area contributed by atoms with Gasteiger partial charge >= 0.3 is 0 Å². The molecule has 3 rings (SSSR count). The summed E-state index contributed by atoms with van der Waals surface area (Å²) in [5, 5.41) is 2.75. The van der Waals surface area contributed by atoms with E-state index in [9.17, 15) is 9.59 Å². The van der Waals surface area contributed by atoms with Crippen LogP contribution in [0, 0.1) is 5.92 Å². The van der Waals surface area contributed by atoms with Crippen molar-refractivity contribution in [3.63, 3.8) is 0 Å². The summed E-state index contributed by atoms with van der Waals surface area (Å²) in [6.45, 7) is 4.89. The molecule has 1 fully saturated rings. The molecule has 7 nitrogen and oxygen atoms in total. The number of methoxy groups -OCH3 is 1. The molecule has 0 atom stereocenters. The summed E-state index contributed by atoms with van der Waals surface area (Å²) in [6.07, 6.45) is 7.28. The van der Waals surface area contributed by atoms with E-state index in [0.29, 0.717) is 37.8 Å². The van der Waals surface area contributed by atoms with Crippen LogP contribution in [0.2, 0.25) is 0 Å². The van der Waals surface area contributed by atoms with Gasteiger partial charge in [-0.3, -0.25) is 9.59 Å².